The first kappa shape index (κ1) is 33.7. The number of hydrogen-bond acceptors (Lipinski definition) is 7. The van der Waals surface area contributed by atoms with Crippen LogP contribution in [0.25, 0.3) is 5.65 Å². The fourth-order valence-electron chi connectivity index (χ4n) is 2.85. The predicted molar refractivity (Wildman–Crippen MR) is 151 cm³/mol. The van der Waals surface area contributed by atoms with E-state index in [0.29, 0.717) is 5.75 Å². The van der Waals surface area contributed by atoms with Crippen LogP contribution in [0.1, 0.15) is 53.1 Å². The van der Waals surface area contributed by atoms with Crippen LogP contribution in [0.4, 0.5) is 5.69 Å². The average molecular weight is 551 g/mol. The molecule has 0 radical (unpaired) electrons. The van der Waals surface area contributed by atoms with Crippen LogP contribution in [0.5, 0.6) is 5.75 Å². The predicted octanol–water partition coefficient (Wildman–Crippen LogP) is 4.96. The van der Waals surface area contributed by atoms with Crippen molar-refractivity contribution in [2.75, 3.05) is 12.4 Å². The highest BCUT2D eigenvalue weighted by atomic mass is 32.2. The zero-order valence-electron chi connectivity index (χ0n) is 22.6. The highest BCUT2D eigenvalue weighted by Crippen LogP contribution is 2.24. The van der Waals surface area contributed by atoms with Crippen molar-refractivity contribution in [1.29, 1.82) is 0 Å². The third kappa shape index (κ3) is 12.0. The van der Waals surface area contributed by atoms with Crippen molar-refractivity contribution in [3.63, 3.8) is 0 Å². The van der Waals surface area contributed by atoms with E-state index in [1.165, 1.54) is 0 Å². The molecule has 0 aliphatic heterocycles. The van der Waals surface area contributed by atoms with Crippen molar-refractivity contribution in [1.82, 2.24) is 24.5 Å². The summed E-state index contributed by atoms with van der Waals surface area (Å²) < 4.78 is 36.7. The number of benzene rings is 2. The number of nitrogens with one attached hydrogen (secondary N) is 3. The summed E-state index contributed by atoms with van der Waals surface area (Å²) in [6.45, 7) is 14.2. The summed E-state index contributed by atoms with van der Waals surface area (Å²) in [4.78, 5) is 0. The van der Waals surface area contributed by atoms with Crippen LogP contribution in [0, 0.1) is 6.92 Å². The van der Waals surface area contributed by atoms with E-state index in [-0.39, 0.29) is 5.54 Å². The number of nitrogens with zero attached hydrogens (tertiary/aromatic N) is 3. The highest BCUT2D eigenvalue weighted by molar-refractivity contribution is 7.78. The Morgan fingerprint density at radius 2 is 1.46 bits per heavy atom. The van der Waals surface area contributed by atoms with Gasteiger partial charge in [-0.25, -0.2) is 9.24 Å². The second kappa shape index (κ2) is 18.9. The number of rotatable bonds is 6. The van der Waals surface area contributed by atoms with Gasteiger partial charge in [0.05, 0.1) is 5.54 Å². The fourth-order valence-corrected chi connectivity index (χ4v) is 3.22. The molecule has 0 saturated carbocycles. The maximum Gasteiger partial charge on any atom is 0.335 e. The van der Waals surface area contributed by atoms with E-state index in [2.05, 4.69) is 39.2 Å². The first-order chi connectivity index (χ1) is 17.8. The van der Waals surface area contributed by atoms with Crippen molar-refractivity contribution < 1.29 is 16.8 Å². The first-order valence-corrected chi connectivity index (χ1v) is 13.5. The Kier molecular flexibility index (Phi) is 17.1. The summed E-state index contributed by atoms with van der Waals surface area (Å²) in [5.74, 6) is 1.46. The van der Waals surface area contributed by atoms with E-state index >= 15 is 0 Å². The normalized spacial score (nSPS) is 10.5. The van der Waals surface area contributed by atoms with E-state index in [4.69, 9.17) is 12.6 Å². The molecule has 2 aromatic heterocycles. The number of aromatic amines is 1. The molecule has 2 aromatic carbocycles. The van der Waals surface area contributed by atoms with Gasteiger partial charge in [-0.05, 0) is 52.1 Å². The molecule has 204 valence electrons. The zero-order valence-corrected chi connectivity index (χ0v) is 24.3. The molecule has 0 amide bonds. The minimum Gasteiger partial charge on any atom is -0.389 e. The molecule has 0 spiro atoms. The summed E-state index contributed by atoms with van der Waals surface area (Å²) >= 11 is -2.18. The minimum absolute atomic E-state index is 0.321. The maximum atomic E-state index is 10.8. The number of anilines is 1. The minimum atomic E-state index is -1.43. The molecule has 0 fully saturated rings. The topological polar surface area (TPSA) is 130 Å². The van der Waals surface area contributed by atoms with Crippen LogP contribution in [-0.4, -0.2) is 39.5 Å². The monoisotopic (exact) mass is 550 g/mol. The zero-order chi connectivity index (χ0) is 28.3. The van der Waals surface area contributed by atoms with Crippen molar-refractivity contribution in [3.8, 4) is 5.75 Å². The number of hydrogen-bond donors (Lipinski definition) is 3. The Balaban J connectivity index is 0.000000614. The van der Waals surface area contributed by atoms with Gasteiger partial charge in [0.2, 0.25) is 0 Å². The lowest BCUT2D eigenvalue weighted by Gasteiger charge is -2.25. The number of aromatic nitrogens is 4. The van der Waals surface area contributed by atoms with Gasteiger partial charge in [-0.3, -0.25) is 5.10 Å². The van der Waals surface area contributed by atoms with Gasteiger partial charge in [0, 0.05) is 17.4 Å². The Morgan fingerprint density at radius 1 is 0.946 bits per heavy atom. The molecule has 3 N–H and O–H groups in total. The molecule has 2 heterocycles. The molecule has 4 rings (SSSR count). The third-order valence-corrected chi connectivity index (χ3v) is 4.87. The quantitative estimate of drug-likeness (QED) is 0.309. The Bertz CT molecular complexity index is 1190. The molecule has 4 aromatic rings. The average Bonchev–Trinajstić information content (AvgIpc) is 3.47. The molecular formula is C25H38N6O4S2. The van der Waals surface area contributed by atoms with E-state index in [9.17, 15) is 4.21 Å². The van der Waals surface area contributed by atoms with Gasteiger partial charge in [-0.2, -0.15) is 12.6 Å². The Morgan fingerprint density at radius 3 is 1.97 bits per heavy atom. The van der Waals surface area contributed by atoms with Gasteiger partial charge in [0.25, 0.3) is 11.3 Å². The molecular weight excluding hydrogens is 512 g/mol. The maximum absolute atomic E-state index is 10.8. The standard InChI is InChI=1S/C14H17N5.C7H9NO2S.2C2H6.O2S/c1-10-9-12-16-17-13(19(12)18-10)14(2,3)15-11-7-5-4-6-8-11;1-8-11(9)10-7-5-3-2-4-6-7;2*1-2;1-3-2/h4-9,15,18H,1-3H3;2-6,8H,1H3;2*1-2H3;. The van der Waals surface area contributed by atoms with Gasteiger partial charge >= 0.3 is 11.6 Å². The molecule has 0 aliphatic carbocycles. The second-order valence-corrected chi connectivity index (χ2v) is 8.36. The molecule has 12 heteroatoms. The molecule has 37 heavy (non-hydrogen) atoms. The SMILES string of the molecule is CC.CC.CNS(=O)Oc1ccccc1.Cc1cc2nnc(C(C)(C)Nc3ccccc3)n2[nH]1.O=S=O. The number of H-pyrrole nitrogens is 1. The molecule has 1 unspecified atom stereocenters. The summed E-state index contributed by atoms with van der Waals surface area (Å²) in [7, 11) is 1.57. The Labute approximate surface area is 225 Å². The van der Waals surface area contributed by atoms with Crippen molar-refractivity contribution in [2.24, 2.45) is 0 Å². The van der Waals surface area contributed by atoms with E-state index < -0.39 is 22.8 Å². The summed E-state index contributed by atoms with van der Waals surface area (Å²) in [5.41, 5.74) is 2.66. The van der Waals surface area contributed by atoms with E-state index in [1.807, 2.05) is 93.7 Å². The van der Waals surface area contributed by atoms with Gasteiger partial charge in [0.1, 0.15) is 5.75 Å². The second-order valence-electron chi connectivity index (χ2n) is 7.18. The Hall–Kier alpha value is -3.35. The van der Waals surface area contributed by atoms with Crippen LogP contribution in [0.2, 0.25) is 0 Å². The lowest BCUT2D eigenvalue weighted by Crippen LogP contribution is -2.30. The number of fused-ring (bicyclic) bond motifs is 1. The van der Waals surface area contributed by atoms with Crippen LogP contribution in [-0.2, 0) is 28.4 Å². The molecule has 10 nitrogen and oxygen atoms in total. The molecule has 0 aliphatic rings. The number of para-hydroxylation sites is 2. The van der Waals surface area contributed by atoms with E-state index in [0.717, 1.165) is 22.9 Å². The van der Waals surface area contributed by atoms with Crippen molar-refractivity contribution in [3.05, 3.63) is 78.2 Å². The van der Waals surface area contributed by atoms with Crippen LogP contribution < -0.4 is 14.2 Å². The summed E-state index contributed by atoms with van der Waals surface area (Å²) in [6, 6.07) is 21.1. The van der Waals surface area contributed by atoms with Crippen molar-refractivity contribution >= 4 is 34.2 Å². The first-order valence-electron chi connectivity index (χ1n) is 11.8. The summed E-state index contributed by atoms with van der Waals surface area (Å²) in [5, 5.41) is 15.2. The largest absolute Gasteiger partial charge is 0.389 e. The summed E-state index contributed by atoms with van der Waals surface area (Å²) in [6.07, 6.45) is 0. The lowest BCUT2D eigenvalue weighted by molar-refractivity contribution is 0.543. The number of aryl methyl sites for hydroxylation is 1. The third-order valence-electron chi connectivity index (χ3n) is 4.19. The van der Waals surface area contributed by atoms with Crippen LogP contribution >= 0.6 is 0 Å². The van der Waals surface area contributed by atoms with Gasteiger partial charge in [-0.1, -0.05) is 64.1 Å². The van der Waals surface area contributed by atoms with E-state index in [1.54, 1.807) is 19.2 Å². The lowest BCUT2D eigenvalue weighted by atomic mass is 10.0. The highest BCUT2D eigenvalue weighted by Gasteiger charge is 2.27. The fraction of sp³-hybridized carbons (Fsp3) is 0.360. The molecule has 0 saturated heterocycles. The smallest absolute Gasteiger partial charge is 0.335 e. The van der Waals surface area contributed by atoms with Crippen molar-refractivity contribution in [2.45, 2.75) is 54.0 Å². The molecule has 0 bridgehead atoms. The molecule has 1 atom stereocenters. The van der Waals surface area contributed by atoms with Gasteiger partial charge in [-0.15, -0.1) is 10.2 Å². The van der Waals surface area contributed by atoms with Gasteiger partial charge in [0.15, 0.2) is 11.5 Å². The van der Waals surface area contributed by atoms with Gasteiger partial charge < -0.3 is 9.50 Å². The van der Waals surface area contributed by atoms with Crippen LogP contribution in [0.3, 0.4) is 0 Å². The van der Waals surface area contributed by atoms with Crippen LogP contribution in [0.15, 0.2) is 66.7 Å².